The number of aromatic amines is 1. The molecule has 35 heavy (non-hydrogen) atoms. The lowest BCUT2D eigenvalue weighted by molar-refractivity contribution is -0.660. The molecule has 0 aliphatic carbocycles. The topological polar surface area (TPSA) is 121 Å². The van der Waals surface area contributed by atoms with Gasteiger partial charge in [-0.15, -0.1) is 17.9 Å². The van der Waals surface area contributed by atoms with E-state index in [1.165, 1.54) is 36.7 Å². The molecule has 1 aromatic carbocycles. The third-order valence-corrected chi connectivity index (χ3v) is 5.20. The summed E-state index contributed by atoms with van der Waals surface area (Å²) in [5, 5.41) is 20.7. The van der Waals surface area contributed by atoms with Crippen LogP contribution in [0.4, 0.5) is 13.2 Å². The summed E-state index contributed by atoms with van der Waals surface area (Å²) in [6.45, 7) is 6.58. The number of ether oxygens (including phenoxy) is 1. The highest BCUT2D eigenvalue weighted by molar-refractivity contribution is 6.00. The average Bonchev–Trinajstić information content (AvgIpc) is 3.35. The van der Waals surface area contributed by atoms with E-state index in [-0.39, 0.29) is 11.2 Å². The SMILES string of the molecule is Cc1nc[n+](-c2nc3c(C(=O)N[C@@H](c4ccc(OC(F)(F)F)cc4)C(C)(C)O)cnn3cc2C)[nH]1. The first-order valence-corrected chi connectivity index (χ1v) is 10.5. The molecule has 0 saturated heterocycles. The van der Waals surface area contributed by atoms with Crippen molar-refractivity contribution in [2.45, 2.75) is 45.7 Å². The fraction of sp³-hybridized carbons (Fsp3) is 0.318. The molecular weight excluding hydrogens is 467 g/mol. The smallest absolute Gasteiger partial charge is 0.406 e. The number of halogens is 3. The van der Waals surface area contributed by atoms with Gasteiger partial charge in [0.2, 0.25) is 17.8 Å². The van der Waals surface area contributed by atoms with Crippen molar-refractivity contribution in [2.24, 2.45) is 0 Å². The van der Waals surface area contributed by atoms with Gasteiger partial charge in [0.15, 0.2) is 0 Å². The van der Waals surface area contributed by atoms with Crippen LogP contribution in [0.2, 0.25) is 0 Å². The fourth-order valence-corrected chi connectivity index (χ4v) is 3.62. The third-order valence-electron chi connectivity index (χ3n) is 5.20. The van der Waals surface area contributed by atoms with Gasteiger partial charge in [-0.1, -0.05) is 22.1 Å². The highest BCUT2D eigenvalue weighted by Gasteiger charge is 2.33. The Morgan fingerprint density at radius 2 is 1.91 bits per heavy atom. The number of alkyl halides is 3. The van der Waals surface area contributed by atoms with Crippen LogP contribution in [0.3, 0.4) is 0 Å². The van der Waals surface area contributed by atoms with Crippen LogP contribution in [-0.4, -0.2) is 47.7 Å². The summed E-state index contributed by atoms with van der Waals surface area (Å²) in [4.78, 5) is 22.0. The summed E-state index contributed by atoms with van der Waals surface area (Å²) in [6, 6.07) is 3.96. The Kier molecular flexibility index (Phi) is 5.97. The maximum Gasteiger partial charge on any atom is 0.573 e. The molecule has 3 aromatic heterocycles. The van der Waals surface area contributed by atoms with Crippen molar-refractivity contribution >= 4 is 11.6 Å². The molecule has 184 valence electrons. The number of benzene rings is 1. The minimum atomic E-state index is -4.83. The highest BCUT2D eigenvalue weighted by atomic mass is 19.4. The summed E-state index contributed by atoms with van der Waals surface area (Å²) >= 11 is 0. The Balaban J connectivity index is 1.65. The Labute approximate surface area is 197 Å². The van der Waals surface area contributed by atoms with Crippen LogP contribution < -0.4 is 14.7 Å². The number of carbonyl (C=O) groups is 1. The number of hydrogen-bond acceptors (Lipinski definition) is 6. The Morgan fingerprint density at radius 1 is 1.23 bits per heavy atom. The molecule has 0 aliphatic rings. The molecule has 3 heterocycles. The van der Waals surface area contributed by atoms with E-state index >= 15 is 0 Å². The van der Waals surface area contributed by atoms with Crippen LogP contribution in [0, 0.1) is 13.8 Å². The molecule has 0 saturated carbocycles. The summed E-state index contributed by atoms with van der Waals surface area (Å²) in [5.41, 5.74) is 0.117. The first-order chi connectivity index (χ1) is 16.3. The van der Waals surface area contributed by atoms with E-state index in [0.717, 1.165) is 17.7 Å². The molecule has 0 bridgehead atoms. The van der Waals surface area contributed by atoms with Gasteiger partial charge in [-0.3, -0.25) is 4.79 Å². The zero-order chi connectivity index (χ0) is 25.5. The van der Waals surface area contributed by atoms with Crippen molar-refractivity contribution < 1.29 is 32.5 Å². The molecule has 3 N–H and O–H groups in total. The Bertz CT molecular complexity index is 1370. The van der Waals surface area contributed by atoms with Gasteiger partial charge in [-0.05, 0) is 38.5 Å². The van der Waals surface area contributed by atoms with E-state index in [4.69, 9.17) is 0 Å². The molecule has 1 amide bonds. The molecule has 0 radical (unpaired) electrons. The van der Waals surface area contributed by atoms with Crippen LogP contribution in [0.25, 0.3) is 11.5 Å². The molecule has 1 atom stereocenters. The minimum Gasteiger partial charge on any atom is -0.406 e. The molecule has 4 aromatic rings. The Hall–Kier alpha value is -4.00. The number of aliphatic hydroxyl groups is 1. The quantitative estimate of drug-likeness (QED) is 0.357. The van der Waals surface area contributed by atoms with Crippen molar-refractivity contribution in [3.8, 4) is 11.6 Å². The molecule has 13 heteroatoms. The number of H-pyrrole nitrogens is 1. The fourth-order valence-electron chi connectivity index (χ4n) is 3.62. The monoisotopic (exact) mass is 490 g/mol. The maximum absolute atomic E-state index is 13.2. The largest absolute Gasteiger partial charge is 0.573 e. The van der Waals surface area contributed by atoms with Gasteiger partial charge in [0.25, 0.3) is 11.7 Å². The van der Waals surface area contributed by atoms with Gasteiger partial charge in [-0.2, -0.15) is 5.10 Å². The predicted molar refractivity (Wildman–Crippen MR) is 116 cm³/mol. The van der Waals surface area contributed by atoms with Gasteiger partial charge >= 0.3 is 6.36 Å². The average molecular weight is 490 g/mol. The first kappa shape index (κ1) is 24.1. The van der Waals surface area contributed by atoms with E-state index in [9.17, 15) is 23.1 Å². The van der Waals surface area contributed by atoms with Gasteiger partial charge in [0.1, 0.15) is 11.3 Å². The standard InChI is InChI=1S/C22H22F3N7O3/c1-12-10-31-19(29-18(12)32-11-26-13(2)30-32)16(9-27-31)20(33)28-17(21(3,4)34)14-5-7-15(8-6-14)35-22(23,24)25/h5-11,17,34H,1-4H3,(H,28,33)/p+1/t17-/m0/s1. The van der Waals surface area contributed by atoms with Gasteiger partial charge in [0.05, 0.1) is 17.8 Å². The molecule has 0 aliphatic heterocycles. The number of amides is 1. The Morgan fingerprint density at radius 3 is 2.49 bits per heavy atom. The van der Waals surface area contributed by atoms with Crippen molar-refractivity contribution in [1.82, 2.24) is 30.0 Å². The lowest BCUT2D eigenvalue weighted by Crippen LogP contribution is -2.42. The highest BCUT2D eigenvalue weighted by Crippen LogP contribution is 2.29. The second-order valence-corrected chi connectivity index (χ2v) is 8.56. The summed E-state index contributed by atoms with van der Waals surface area (Å²) < 4.78 is 44.4. The van der Waals surface area contributed by atoms with Crippen molar-refractivity contribution in [3.05, 3.63) is 65.5 Å². The van der Waals surface area contributed by atoms with Crippen molar-refractivity contribution in [2.75, 3.05) is 0 Å². The van der Waals surface area contributed by atoms with E-state index in [1.54, 1.807) is 24.1 Å². The number of fused-ring (bicyclic) bond motifs is 1. The number of carbonyl (C=O) groups excluding carboxylic acids is 1. The molecular formula is C22H23F3N7O3+. The van der Waals surface area contributed by atoms with Crippen LogP contribution in [0.5, 0.6) is 5.75 Å². The second-order valence-electron chi connectivity index (χ2n) is 8.56. The van der Waals surface area contributed by atoms with Crippen LogP contribution in [0.15, 0.2) is 43.0 Å². The lowest BCUT2D eigenvalue weighted by atomic mass is 9.91. The zero-order valence-corrected chi connectivity index (χ0v) is 19.3. The number of nitrogens with one attached hydrogen (secondary N) is 2. The van der Waals surface area contributed by atoms with Gasteiger partial charge in [-0.25, -0.2) is 9.61 Å². The van der Waals surface area contributed by atoms with E-state index < -0.39 is 29.7 Å². The molecule has 10 nitrogen and oxygen atoms in total. The van der Waals surface area contributed by atoms with Crippen LogP contribution in [0.1, 0.15) is 47.2 Å². The number of hydrogen-bond donors (Lipinski definition) is 3. The minimum absolute atomic E-state index is 0.148. The summed E-state index contributed by atoms with van der Waals surface area (Å²) in [5.74, 6) is 0.211. The van der Waals surface area contributed by atoms with E-state index in [1.807, 2.05) is 6.92 Å². The second kappa shape index (κ2) is 8.65. The van der Waals surface area contributed by atoms with E-state index in [0.29, 0.717) is 17.2 Å². The van der Waals surface area contributed by atoms with E-state index in [2.05, 4.69) is 30.2 Å². The first-order valence-electron chi connectivity index (χ1n) is 10.5. The molecule has 0 fully saturated rings. The number of rotatable bonds is 6. The van der Waals surface area contributed by atoms with Crippen molar-refractivity contribution in [1.29, 1.82) is 0 Å². The number of aryl methyl sites for hydroxylation is 2. The summed E-state index contributed by atoms with van der Waals surface area (Å²) in [6.07, 6.45) is -0.198. The van der Waals surface area contributed by atoms with Crippen LogP contribution in [-0.2, 0) is 0 Å². The third kappa shape index (κ3) is 5.24. The van der Waals surface area contributed by atoms with Crippen molar-refractivity contribution in [3.63, 3.8) is 0 Å². The number of aromatic nitrogens is 6. The molecule has 0 unspecified atom stereocenters. The summed E-state index contributed by atoms with van der Waals surface area (Å²) in [7, 11) is 0. The normalized spacial score (nSPS) is 13.1. The van der Waals surface area contributed by atoms with Gasteiger partial charge in [0, 0.05) is 18.7 Å². The molecule has 4 rings (SSSR count). The maximum atomic E-state index is 13.2. The van der Waals surface area contributed by atoms with Crippen LogP contribution >= 0.6 is 0 Å². The van der Waals surface area contributed by atoms with Gasteiger partial charge < -0.3 is 15.2 Å². The lowest BCUT2D eigenvalue weighted by Gasteiger charge is -2.30. The predicted octanol–water partition coefficient (Wildman–Crippen LogP) is 2.49. The molecule has 0 spiro atoms. The zero-order valence-electron chi connectivity index (χ0n) is 19.3. The number of nitrogens with zero attached hydrogens (tertiary/aromatic N) is 5.